The number of benzene rings is 1. The Balaban J connectivity index is 1.81. The normalized spacial score (nSPS) is 10.8. The van der Waals surface area contributed by atoms with Gasteiger partial charge in [-0.15, -0.1) is 22.9 Å². The molecule has 0 aliphatic heterocycles. The summed E-state index contributed by atoms with van der Waals surface area (Å²) < 4.78 is 2.43. The van der Waals surface area contributed by atoms with Gasteiger partial charge in [-0.3, -0.25) is 0 Å². The Hall–Kier alpha value is -3.31. The average Bonchev–Trinajstić information content (AvgIpc) is 3.25. The molecule has 116 valence electrons. The van der Waals surface area contributed by atoms with Crippen molar-refractivity contribution < 1.29 is 0 Å². The van der Waals surface area contributed by atoms with Crippen molar-refractivity contribution >= 4 is 17.0 Å². The van der Waals surface area contributed by atoms with Gasteiger partial charge >= 0.3 is 5.69 Å². The van der Waals surface area contributed by atoms with E-state index >= 15 is 0 Å². The maximum Gasteiger partial charge on any atom is 0.353 e. The summed E-state index contributed by atoms with van der Waals surface area (Å²) in [7, 11) is 0. The lowest BCUT2D eigenvalue weighted by atomic mass is 10.2. The summed E-state index contributed by atoms with van der Waals surface area (Å²) in [6.07, 6.45) is 6.63. The van der Waals surface area contributed by atoms with Gasteiger partial charge in [0.25, 0.3) is 0 Å². The summed E-state index contributed by atoms with van der Waals surface area (Å²) in [6.45, 7) is 0.0602. The summed E-state index contributed by atoms with van der Waals surface area (Å²) in [6, 6.07) is 9.85. The first-order valence-corrected chi connectivity index (χ1v) is 7.91. The molecule has 3 aromatic heterocycles. The average molecular weight is 334 g/mol. The molecule has 0 saturated heterocycles. The van der Waals surface area contributed by atoms with Gasteiger partial charge in [-0.05, 0) is 0 Å². The first kappa shape index (κ1) is 14.3. The molecule has 4 rings (SSSR count). The molecule has 0 saturated carbocycles. The molecule has 0 spiro atoms. The molecular weight excluding hydrogens is 324 g/mol. The summed E-state index contributed by atoms with van der Waals surface area (Å²) in [5.41, 5.74) is 2.38. The van der Waals surface area contributed by atoms with Gasteiger partial charge in [-0.25, -0.2) is 19.2 Å². The third-order valence-electron chi connectivity index (χ3n) is 3.43. The van der Waals surface area contributed by atoms with Crippen LogP contribution < -0.4 is 5.69 Å². The van der Waals surface area contributed by atoms with Crippen molar-refractivity contribution in [2.24, 2.45) is 0 Å². The summed E-state index contributed by atoms with van der Waals surface area (Å²) in [4.78, 5) is 21.1. The molecule has 0 amide bonds. The van der Waals surface area contributed by atoms with Gasteiger partial charge < -0.3 is 0 Å². The zero-order valence-electron chi connectivity index (χ0n) is 12.3. The molecule has 0 N–H and O–H groups in total. The second-order valence-electron chi connectivity index (χ2n) is 4.92. The molecule has 0 fully saturated rings. The van der Waals surface area contributed by atoms with Gasteiger partial charge in [0, 0.05) is 10.9 Å². The Morgan fingerprint density at radius 2 is 2.08 bits per heavy atom. The molecule has 8 heteroatoms. The number of rotatable bonds is 3. The Morgan fingerprint density at radius 3 is 2.88 bits per heavy atom. The summed E-state index contributed by atoms with van der Waals surface area (Å²) in [5.74, 6) is 2.37. The van der Waals surface area contributed by atoms with Crippen LogP contribution in [0.2, 0.25) is 0 Å². The van der Waals surface area contributed by atoms with Gasteiger partial charge in [0.05, 0.1) is 5.69 Å². The molecule has 1 aromatic carbocycles. The highest BCUT2D eigenvalue weighted by atomic mass is 32.1. The van der Waals surface area contributed by atoms with Crippen LogP contribution in [-0.2, 0) is 6.54 Å². The van der Waals surface area contributed by atoms with E-state index in [0.29, 0.717) is 16.3 Å². The van der Waals surface area contributed by atoms with Crippen LogP contribution in [0, 0.1) is 12.3 Å². The van der Waals surface area contributed by atoms with Gasteiger partial charge in [0.2, 0.25) is 0 Å². The van der Waals surface area contributed by atoms with E-state index in [4.69, 9.17) is 6.42 Å². The first-order valence-electron chi connectivity index (χ1n) is 7.03. The molecule has 0 aliphatic rings. The van der Waals surface area contributed by atoms with E-state index in [1.165, 1.54) is 22.1 Å². The predicted octanol–water partition coefficient (Wildman–Crippen LogP) is 1.71. The molecule has 0 radical (unpaired) electrons. The summed E-state index contributed by atoms with van der Waals surface area (Å²) in [5, 5.41) is 10.5. The molecule has 3 heterocycles. The number of imidazole rings is 1. The van der Waals surface area contributed by atoms with Crippen LogP contribution in [0.1, 0.15) is 0 Å². The number of hydrogen-bond acceptors (Lipinski definition) is 6. The van der Waals surface area contributed by atoms with E-state index in [0.717, 1.165) is 15.9 Å². The quantitative estimate of drug-likeness (QED) is 0.533. The van der Waals surface area contributed by atoms with E-state index in [2.05, 4.69) is 26.2 Å². The zero-order chi connectivity index (χ0) is 16.5. The first-order chi connectivity index (χ1) is 11.8. The fraction of sp³-hybridized carbons (Fsp3) is 0.0625. The SMILES string of the molecule is C#CCn1nnc2c(-c3nc(-c4ccccc4)cs3)ncn2c1=O. The van der Waals surface area contributed by atoms with E-state index < -0.39 is 0 Å². The van der Waals surface area contributed by atoms with E-state index in [1.54, 1.807) is 0 Å². The van der Waals surface area contributed by atoms with Crippen LogP contribution in [0.4, 0.5) is 0 Å². The lowest BCUT2D eigenvalue weighted by molar-refractivity contribution is 0.577. The Kier molecular flexibility index (Phi) is 3.40. The third kappa shape index (κ3) is 2.28. The molecular formula is C16H10N6OS. The van der Waals surface area contributed by atoms with E-state index in [1.807, 2.05) is 35.7 Å². The van der Waals surface area contributed by atoms with Crippen molar-refractivity contribution in [2.75, 3.05) is 0 Å². The van der Waals surface area contributed by atoms with Crippen LogP contribution in [0.5, 0.6) is 0 Å². The summed E-state index contributed by atoms with van der Waals surface area (Å²) >= 11 is 1.44. The van der Waals surface area contributed by atoms with Crippen LogP contribution in [0.3, 0.4) is 0 Å². The van der Waals surface area contributed by atoms with E-state index in [9.17, 15) is 4.79 Å². The zero-order valence-corrected chi connectivity index (χ0v) is 13.1. The van der Waals surface area contributed by atoms with Crippen LogP contribution in [0.15, 0.2) is 46.8 Å². The van der Waals surface area contributed by atoms with Crippen molar-refractivity contribution in [2.45, 2.75) is 6.54 Å². The Labute approximate surface area is 140 Å². The number of nitrogens with zero attached hydrogens (tertiary/aromatic N) is 6. The minimum absolute atomic E-state index is 0.0602. The van der Waals surface area contributed by atoms with Crippen LogP contribution >= 0.6 is 11.3 Å². The third-order valence-corrected chi connectivity index (χ3v) is 4.28. The Bertz CT molecular complexity index is 1120. The molecule has 24 heavy (non-hydrogen) atoms. The minimum Gasteiger partial charge on any atom is -0.245 e. The van der Waals surface area contributed by atoms with Gasteiger partial charge in [0.15, 0.2) is 5.65 Å². The molecule has 0 aliphatic carbocycles. The molecule has 0 bridgehead atoms. The maximum atomic E-state index is 12.3. The van der Waals surface area contributed by atoms with Crippen molar-refractivity contribution in [1.29, 1.82) is 0 Å². The maximum absolute atomic E-state index is 12.3. The van der Waals surface area contributed by atoms with Crippen molar-refractivity contribution in [3.05, 3.63) is 52.5 Å². The van der Waals surface area contributed by atoms with Gasteiger partial charge in [0.1, 0.15) is 23.6 Å². The lowest BCUT2D eigenvalue weighted by Gasteiger charge is -1.98. The number of terminal acetylenes is 1. The van der Waals surface area contributed by atoms with Gasteiger partial charge in [-0.1, -0.05) is 41.5 Å². The molecule has 4 aromatic rings. The van der Waals surface area contributed by atoms with Crippen molar-refractivity contribution in [3.8, 4) is 34.3 Å². The number of aromatic nitrogens is 6. The lowest BCUT2D eigenvalue weighted by Crippen LogP contribution is -2.29. The smallest absolute Gasteiger partial charge is 0.245 e. The Morgan fingerprint density at radius 1 is 1.25 bits per heavy atom. The molecule has 0 unspecified atom stereocenters. The predicted molar refractivity (Wildman–Crippen MR) is 90.4 cm³/mol. The minimum atomic E-state index is -0.378. The molecule has 7 nitrogen and oxygen atoms in total. The van der Waals surface area contributed by atoms with Crippen LogP contribution in [0.25, 0.3) is 27.6 Å². The highest BCUT2D eigenvalue weighted by Gasteiger charge is 2.16. The van der Waals surface area contributed by atoms with Gasteiger partial charge in [-0.2, -0.15) is 4.68 Å². The number of hydrogen-bond donors (Lipinski definition) is 0. The van der Waals surface area contributed by atoms with Crippen molar-refractivity contribution in [3.63, 3.8) is 0 Å². The second kappa shape index (κ2) is 5.72. The van der Waals surface area contributed by atoms with E-state index in [-0.39, 0.29) is 12.2 Å². The fourth-order valence-corrected chi connectivity index (χ4v) is 3.12. The highest BCUT2D eigenvalue weighted by Crippen LogP contribution is 2.29. The second-order valence-corrected chi connectivity index (χ2v) is 5.78. The number of thiazole rings is 1. The number of fused-ring (bicyclic) bond motifs is 1. The largest absolute Gasteiger partial charge is 0.353 e. The molecule has 0 atom stereocenters. The topological polar surface area (TPSA) is 78.0 Å². The van der Waals surface area contributed by atoms with Crippen molar-refractivity contribution in [1.82, 2.24) is 29.4 Å². The standard InChI is InChI=1S/C16H10N6OS/c1-2-8-22-16(23)21-10-17-13(14(21)19-20-22)15-18-12(9-24-15)11-6-4-3-5-7-11/h1,3-7,9-10H,8H2. The fourth-order valence-electron chi connectivity index (χ4n) is 2.30. The highest BCUT2D eigenvalue weighted by molar-refractivity contribution is 7.13. The van der Waals surface area contributed by atoms with Crippen LogP contribution in [-0.4, -0.2) is 29.4 Å². The monoisotopic (exact) mass is 334 g/mol.